The molecule has 0 radical (unpaired) electrons. The van der Waals surface area contributed by atoms with E-state index in [1.165, 1.54) is 6.42 Å². The summed E-state index contributed by atoms with van der Waals surface area (Å²) in [5, 5.41) is 3.24. The molecule has 2 saturated heterocycles. The molecular formula is C15H31IN4O2S2. The summed E-state index contributed by atoms with van der Waals surface area (Å²) in [6.45, 7) is 8.19. The number of nitrogens with one attached hydrogen (secondary N) is 1. The third kappa shape index (κ3) is 6.53. The summed E-state index contributed by atoms with van der Waals surface area (Å²) < 4.78 is 26.3. The average molecular weight is 490 g/mol. The van der Waals surface area contributed by atoms with Crippen LogP contribution >= 0.6 is 35.7 Å². The largest absolute Gasteiger partial charge is 0.355 e. The van der Waals surface area contributed by atoms with Gasteiger partial charge in [-0.3, -0.25) is 4.99 Å². The summed E-state index contributed by atoms with van der Waals surface area (Å²) in [6, 6.07) is 0. The molecule has 2 aliphatic heterocycles. The molecule has 0 spiro atoms. The molecule has 2 rings (SSSR count). The second-order valence-electron chi connectivity index (χ2n) is 6.65. The van der Waals surface area contributed by atoms with Crippen LogP contribution in [0.4, 0.5) is 0 Å². The van der Waals surface area contributed by atoms with Crippen molar-refractivity contribution in [3.63, 3.8) is 0 Å². The molecule has 6 nitrogen and oxygen atoms in total. The number of likely N-dealkylation sites (tertiary alicyclic amines) is 1. The topological polar surface area (TPSA) is 65.0 Å². The lowest BCUT2D eigenvalue weighted by atomic mass is 9.92. The van der Waals surface area contributed by atoms with Gasteiger partial charge in [0.15, 0.2) is 5.96 Å². The fraction of sp³-hybridized carbons (Fsp3) is 0.933. The second-order valence-corrected chi connectivity index (χ2v) is 9.97. The highest BCUT2D eigenvalue weighted by molar-refractivity contribution is 14.0. The monoisotopic (exact) mass is 490 g/mol. The quantitative estimate of drug-likeness (QED) is 0.368. The van der Waals surface area contributed by atoms with Crippen molar-refractivity contribution in [3.8, 4) is 0 Å². The molecule has 9 heteroatoms. The van der Waals surface area contributed by atoms with Crippen molar-refractivity contribution in [3.05, 3.63) is 0 Å². The molecule has 2 aliphatic rings. The Hall–Kier alpha value is 0.260. The van der Waals surface area contributed by atoms with Gasteiger partial charge in [0, 0.05) is 51.3 Å². The Bertz CT molecular complexity index is 500. The van der Waals surface area contributed by atoms with E-state index in [-0.39, 0.29) is 29.7 Å². The maximum absolute atomic E-state index is 12.4. The molecule has 2 atom stereocenters. The lowest BCUT2D eigenvalue weighted by Gasteiger charge is -2.37. The van der Waals surface area contributed by atoms with Gasteiger partial charge in [0.1, 0.15) is 0 Å². The van der Waals surface area contributed by atoms with Gasteiger partial charge in [0.05, 0.1) is 5.75 Å². The summed E-state index contributed by atoms with van der Waals surface area (Å²) >= 11 is 1.82. The van der Waals surface area contributed by atoms with Crippen LogP contribution in [0.3, 0.4) is 0 Å². The fourth-order valence-electron chi connectivity index (χ4n) is 3.41. The molecular weight excluding hydrogens is 459 g/mol. The highest BCUT2D eigenvalue weighted by Gasteiger charge is 2.26. The van der Waals surface area contributed by atoms with Crippen LogP contribution in [-0.2, 0) is 10.0 Å². The van der Waals surface area contributed by atoms with Crippen molar-refractivity contribution in [2.45, 2.75) is 20.3 Å². The minimum absolute atomic E-state index is 0. The number of hydrogen-bond acceptors (Lipinski definition) is 4. The van der Waals surface area contributed by atoms with Gasteiger partial charge >= 0.3 is 0 Å². The van der Waals surface area contributed by atoms with Gasteiger partial charge < -0.3 is 10.2 Å². The molecule has 24 heavy (non-hydrogen) atoms. The van der Waals surface area contributed by atoms with Crippen LogP contribution in [0.1, 0.15) is 20.3 Å². The van der Waals surface area contributed by atoms with Crippen molar-refractivity contribution in [2.24, 2.45) is 16.8 Å². The zero-order valence-corrected chi connectivity index (χ0v) is 18.9. The van der Waals surface area contributed by atoms with Crippen molar-refractivity contribution in [1.29, 1.82) is 0 Å². The van der Waals surface area contributed by atoms with Crippen LogP contribution in [0.5, 0.6) is 0 Å². The fourth-order valence-corrected chi connectivity index (χ4v) is 5.91. The summed E-state index contributed by atoms with van der Waals surface area (Å²) in [5.74, 6) is 4.05. The summed E-state index contributed by atoms with van der Waals surface area (Å²) in [7, 11) is -1.39. The Morgan fingerprint density at radius 1 is 1.21 bits per heavy atom. The van der Waals surface area contributed by atoms with E-state index in [2.05, 4.69) is 29.1 Å². The van der Waals surface area contributed by atoms with Gasteiger partial charge in [0.25, 0.3) is 0 Å². The Morgan fingerprint density at radius 3 is 2.33 bits per heavy atom. The van der Waals surface area contributed by atoms with E-state index in [1.807, 2.05) is 11.8 Å². The number of halogens is 1. The van der Waals surface area contributed by atoms with Crippen molar-refractivity contribution in [2.75, 3.05) is 57.0 Å². The Morgan fingerprint density at radius 2 is 1.79 bits per heavy atom. The van der Waals surface area contributed by atoms with Gasteiger partial charge in [-0.05, 0) is 18.3 Å². The zero-order valence-electron chi connectivity index (χ0n) is 14.9. The molecule has 0 amide bonds. The van der Waals surface area contributed by atoms with Gasteiger partial charge in [-0.2, -0.15) is 11.8 Å². The molecule has 2 unspecified atom stereocenters. The molecule has 2 heterocycles. The lowest BCUT2D eigenvalue weighted by Crippen LogP contribution is -2.50. The van der Waals surface area contributed by atoms with E-state index in [1.54, 1.807) is 11.4 Å². The highest BCUT2D eigenvalue weighted by Crippen LogP contribution is 2.20. The van der Waals surface area contributed by atoms with E-state index in [9.17, 15) is 8.42 Å². The van der Waals surface area contributed by atoms with Crippen LogP contribution in [0.15, 0.2) is 4.99 Å². The lowest BCUT2D eigenvalue weighted by molar-refractivity contribution is 0.209. The van der Waals surface area contributed by atoms with Crippen LogP contribution in [-0.4, -0.2) is 80.6 Å². The Balaban J connectivity index is 0.00000288. The molecule has 142 valence electrons. The average Bonchev–Trinajstić information content (AvgIpc) is 2.51. The minimum atomic E-state index is -3.16. The molecule has 0 saturated carbocycles. The van der Waals surface area contributed by atoms with E-state index in [4.69, 9.17) is 0 Å². The van der Waals surface area contributed by atoms with Crippen LogP contribution in [0.2, 0.25) is 0 Å². The standard InChI is InChI=1S/C15H30N4O2S2.HI/c1-13-10-14(2)12-18(11-13)15(16-3)17-4-9-23(20,21)19-5-7-22-8-6-19;/h13-14H,4-12H2,1-3H3,(H,16,17);1H. The van der Waals surface area contributed by atoms with Gasteiger partial charge in [0.2, 0.25) is 10.0 Å². The maximum Gasteiger partial charge on any atom is 0.215 e. The number of aliphatic imine (C=N–C) groups is 1. The second kappa shape index (κ2) is 10.4. The SMILES string of the molecule is CN=C(NCCS(=O)(=O)N1CCSCC1)N1CC(C)CC(C)C1.I. The van der Waals surface area contributed by atoms with Crippen molar-refractivity contribution >= 4 is 51.7 Å². The first-order valence-corrected chi connectivity index (χ1v) is 11.2. The van der Waals surface area contributed by atoms with Crippen molar-refractivity contribution in [1.82, 2.24) is 14.5 Å². The molecule has 0 bridgehead atoms. The number of piperidine rings is 1. The molecule has 0 aromatic rings. The van der Waals surface area contributed by atoms with E-state index < -0.39 is 10.0 Å². The molecule has 0 aromatic heterocycles. The highest BCUT2D eigenvalue weighted by atomic mass is 127. The molecule has 1 N–H and O–H groups in total. The third-order valence-corrected chi connectivity index (χ3v) is 7.20. The number of hydrogen-bond donors (Lipinski definition) is 1. The Kier molecular flexibility index (Phi) is 9.68. The first-order chi connectivity index (χ1) is 10.9. The van der Waals surface area contributed by atoms with Crippen LogP contribution < -0.4 is 5.32 Å². The predicted octanol–water partition coefficient (Wildman–Crippen LogP) is 1.54. The zero-order chi connectivity index (χ0) is 16.9. The van der Waals surface area contributed by atoms with Gasteiger partial charge in [-0.25, -0.2) is 12.7 Å². The molecule has 0 aromatic carbocycles. The summed E-state index contributed by atoms with van der Waals surface area (Å²) in [5.41, 5.74) is 0. The smallest absolute Gasteiger partial charge is 0.215 e. The van der Waals surface area contributed by atoms with Gasteiger partial charge in [-0.1, -0.05) is 13.8 Å². The number of thioether (sulfide) groups is 1. The first-order valence-electron chi connectivity index (χ1n) is 8.43. The molecule has 0 aliphatic carbocycles. The van der Waals surface area contributed by atoms with Gasteiger partial charge in [-0.15, -0.1) is 24.0 Å². The number of guanidine groups is 1. The third-order valence-electron chi connectivity index (χ3n) is 4.39. The van der Waals surface area contributed by atoms with Crippen LogP contribution in [0, 0.1) is 11.8 Å². The van der Waals surface area contributed by atoms with Crippen LogP contribution in [0.25, 0.3) is 0 Å². The Labute approximate surface area is 168 Å². The normalized spacial score (nSPS) is 26.8. The number of nitrogens with zero attached hydrogens (tertiary/aromatic N) is 3. The van der Waals surface area contributed by atoms with E-state index >= 15 is 0 Å². The number of sulfonamides is 1. The summed E-state index contributed by atoms with van der Waals surface area (Å²) in [6.07, 6.45) is 1.24. The maximum atomic E-state index is 12.4. The van der Waals surface area contributed by atoms with E-state index in [0.29, 0.717) is 31.5 Å². The van der Waals surface area contributed by atoms with E-state index in [0.717, 1.165) is 30.6 Å². The summed E-state index contributed by atoms with van der Waals surface area (Å²) in [4.78, 5) is 6.59. The minimum Gasteiger partial charge on any atom is -0.355 e. The number of rotatable bonds is 4. The molecule has 2 fully saturated rings. The predicted molar refractivity (Wildman–Crippen MR) is 114 cm³/mol. The first kappa shape index (κ1) is 22.3. The van der Waals surface area contributed by atoms with Crippen molar-refractivity contribution < 1.29 is 8.42 Å².